The monoisotopic (exact) mass is 256 g/mol. The summed E-state index contributed by atoms with van der Waals surface area (Å²) in [4.78, 5) is 18.4. The first kappa shape index (κ1) is 14.1. The van der Waals surface area contributed by atoms with Crippen LogP contribution in [0.25, 0.3) is 0 Å². The Morgan fingerprint density at radius 2 is 2.24 bits per heavy atom. The van der Waals surface area contributed by atoms with Gasteiger partial charge in [0.1, 0.15) is 0 Å². The Morgan fingerprint density at radius 3 is 2.65 bits per heavy atom. The highest BCUT2D eigenvalue weighted by Crippen LogP contribution is 2.26. The Bertz CT molecular complexity index is 363. The van der Waals surface area contributed by atoms with E-state index in [9.17, 15) is 4.79 Å². The number of aldehydes is 1. The molecule has 0 aliphatic carbocycles. The van der Waals surface area contributed by atoms with Gasteiger partial charge in [-0.2, -0.15) is 0 Å². The summed E-state index contributed by atoms with van der Waals surface area (Å²) in [6, 6.07) is 0.348. The first-order valence-corrected chi connectivity index (χ1v) is 6.66. The van der Waals surface area contributed by atoms with E-state index in [-0.39, 0.29) is 0 Å². The van der Waals surface area contributed by atoms with E-state index in [1.54, 1.807) is 7.11 Å². The quantitative estimate of drug-likeness (QED) is 0.702. The summed E-state index contributed by atoms with van der Waals surface area (Å²) in [5, 5.41) is 0.913. The van der Waals surface area contributed by atoms with Crippen LogP contribution >= 0.6 is 11.3 Å². The van der Waals surface area contributed by atoms with Crippen LogP contribution in [0.3, 0.4) is 0 Å². The maximum absolute atomic E-state index is 10.9. The predicted molar refractivity (Wildman–Crippen MR) is 71.2 cm³/mol. The number of carbonyl (C=O) groups excluding carboxylic acids is 1. The molecule has 0 spiro atoms. The molecular formula is C12H20N2O2S. The lowest BCUT2D eigenvalue weighted by Crippen LogP contribution is -2.33. The van der Waals surface area contributed by atoms with Crippen LogP contribution < -0.4 is 4.90 Å². The molecule has 1 heterocycles. The number of hydrogen-bond acceptors (Lipinski definition) is 5. The molecule has 1 rings (SSSR count). The number of hydrogen-bond donors (Lipinski definition) is 0. The Balaban J connectivity index is 2.93. The fourth-order valence-corrected chi connectivity index (χ4v) is 2.71. The highest BCUT2D eigenvalue weighted by molar-refractivity contribution is 7.17. The summed E-state index contributed by atoms with van der Waals surface area (Å²) < 4.78 is 5.10. The molecule has 17 heavy (non-hydrogen) atoms. The zero-order valence-electron chi connectivity index (χ0n) is 10.9. The summed E-state index contributed by atoms with van der Waals surface area (Å²) in [5.41, 5.74) is 0.892. The van der Waals surface area contributed by atoms with E-state index in [0.29, 0.717) is 12.6 Å². The van der Waals surface area contributed by atoms with Gasteiger partial charge >= 0.3 is 0 Å². The molecule has 1 aromatic rings. The van der Waals surface area contributed by atoms with Gasteiger partial charge in [0.15, 0.2) is 11.4 Å². The van der Waals surface area contributed by atoms with Crippen molar-refractivity contribution in [3.8, 4) is 0 Å². The number of rotatable bonds is 7. The van der Waals surface area contributed by atoms with Crippen LogP contribution in [0.5, 0.6) is 0 Å². The van der Waals surface area contributed by atoms with Gasteiger partial charge in [0, 0.05) is 19.7 Å². The highest BCUT2D eigenvalue weighted by Gasteiger charge is 2.17. The number of nitrogens with zero attached hydrogens (tertiary/aromatic N) is 2. The van der Waals surface area contributed by atoms with Gasteiger partial charge in [-0.15, -0.1) is 0 Å². The van der Waals surface area contributed by atoms with Gasteiger partial charge in [0.25, 0.3) is 0 Å². The Morgan fingerprint density at radius 1 is 1.53 bits per heavy atom. The average molecular weight is 256 g/mol. The van der Waals surface area contributed by atoms with Gasteiger partial charge in [0.05, 0.1) is 17.2 Å². The van der Waals surface area contributed by atoms with Gasteiger partial charge in [-0.1, -0.05) is 18.3 Å². The minimum atomic E-state index is 0.348. The molecule has 0 unspecified atom stereocenters. The summed E-state index contributed by atoms with van der Waals surface area (Å²) in [6.45, 7) is 7.70. The van der Waals surface area contributed by atoms with Crippen LogP contribution in [-0.4, -0.2) is 37.6 Å². The van der Waals surface area contributed by atoms with Gasteiger partial charge < -0.3 is 9.64 Å². The van der Waals surface area contributed by atoms with Crippen molar-refractivity contribution in [2.75, 3.05) is 25.2 Å². The molecule has 1 aromatic heterocycles. The van der Waals surface area contributed by atoms with Gasteiger partial charge in [0.2, 0.25) is 0 Å². The van der Waals surface area contributed by atoms with Gasteiger partial charge in [-0.05, 0) is 20.3 Å². The van der Waals surface area contributed by atoms with Crippen LogP contribution in [0.15, 0.2) is 0 Å². The topological polar surface area (TPSA) is 42.4 Å². The van der Waals surface area contributed by atoms with Crippen LogP contribution in [0.2, 0.25) is 0 Å². The normalized spacial score (nSPS) is 10.9. The van der Waals surface area contributed by atoms with Crippen LogP contribution in [0.1, 0.15) is 36.1 Å². The molecule has 96 valence electrons. The Hall–Kier alpha value is -0.940. The van der Waals surface area contributed by atoms with Crippen molar-refractivity contribution in [3.05, 3.63) is 10.6 Å². The number of aromatic nitrogens is 1. The van der Waals surface area contributed by atoms with Crippen molar-refractivity contribution in [1.29, 1.82) is 0 Å². The Labute approximate surface area is 107 Å². The van der Waals surface area contributed by atoms with Crippen molar-refractivity contribution in [1.82, 2.24) is 4.98 Å². The maximum Gasteiger partial charge on any atom is 0.186 e. The molecule has 0 radical (unpaired) electrons. The number of aryl methyl sites for hydroxylation is 1. The number of thiazole rings is 1. The minimum Gasteiger partial charge on any atom is -0.383 e. The molecule has 5 heteroatoms. The molecule has 0 aromatic carbocycles. The maximum atomic E-state index is 10.9. The summed E-state index contributed by atoms with van der Waals surface area (Å²) >= 11 is 1.46. The predicted octanol–water partition coefficient (Wildman–Crippen LogP) is 2.38. The van der Waals surface area contributed by atoms with Crippen molar-refractivity contribution in [3.63, 3.8) is 0 Å². The second kappa shape index (κ2) is 6.71. The van der Waals surface area contributed by atoms with Crippen molar-refractivity contribution >= 4 is 22.8 Å². The lowest BCUT2D eigenvalue weighted by molar-refractivity contribution is 0.112. The molecule has 0 aliphatic heterocycles. The van der Waals surface area contributed by atoms with Crippen molar-refractivity contribution in [2.45, 2.75) is 33.2 Å². The summed E-state index contributed by atoms with van der Waals surface area (Å²) in [7, 11) is 1.69. The lowest BCUT2D eigenvalue weighted by atomic mass is 10.3. The summed E-state index contributed by atoms with van der Waals surface area (Å²) in [6.07, 6.45) is 1.69. The van der Waals surface area contributed by atoms with Crippen molar-refractivity contribution < 1.29 is 9.53 Å². The standard InChI is InChI=1S/C12H20N2O2S/c1-5-10-11(8-15)17-12(13-10)14(9(2)3)6-7-16-4/h8-9H,5-7H2,1-4H3. The third kappa shape index (κ3) is 3.51. The average Bonchev–Trinajstić information content (AvgIpc) is 2.72. The number of ether oxygens (including phenoxy) is 1. The highest BCUT2D eigenvalue weighted by atomic mass is 32.1. The van der Waals surface area contributed by atoms with E-state index in [4.69, 9.17) is 4.74 Å². The molecule has 0 amide bonds. The zero-order valence-corrected chi connectivity index (χ0v) is 11.7. The molecule has 0 aliphatic rings. The SMILES string of the molecule is CCc1nc(N(CCOC)C(C)C)sc1C=O. The van der Waals surface area contributed by atoms with Crippen LogP contribution in [0.4, 0.5) is 5.13 Å². The van der Waals surface area contributed by atoms with E-state index in [0.717, 1.165) is 35.0 Å². The number of carbonyl (C=O) groups is 1. The first-order chi connectivity index (χ1) is 8.13. The number of anilines is 1. The molecule has 0 saturated carbocycles. The minimum absolute atomic E-state index is 0.348. The molecule has 0 atom stereocenters. The second-order valence-corrected chi connectivity index (χ2v) is 5.07. The molecule has 4 nitrogen and oxygen atoms in total. The van der Waals surface area contributed by atoms with E-state index >= 15 is 0 Å². The van der Waals surface area contributed by atoms with Gasteiger partial charge in [-0.25, -0.2) is 4.98 Å². The van der Waals surface area contributed by atoms with Crippen LogP contribution in [0, 0.1) is 0 Å². The van der Waals surface area contributed by atoms with E-state index in [2.05, 4.69) is 23.7 Å². The van der Waals surface area contributed by atoms with E-state index in [1.807, 2.05) is 6.92 Å². The van der Waals surface area contributed by atoms with E-state index < -0.39 is 0 Å². The molecular weight excluding hydrogens is 236 g/mol. The molecule has 0 saturated heterocycles. The fourth-order valence-electron chi connectivity index (χ4n) is 1.58. The summed E-state index contributed by atoms with van der Waals surface area (Å²) in [5.74, 6) is 0. The van der Waals surface area contributed by atoms with Crippen LogP contribution in [-0.2, 0) is 11.2 Å². The number of methoxy groups -OCH3 is 1. The Kier molecular flexibility index (Phi) is 5.58. The molecule has 0 N–H and O–H groups in total. The van der Waals surface area contributed by atoms with E-state index in [1.165, 1.54) is 11.3 Å². The largest absolute Gasteiger partial charge is 0.383 e. The molecule has 0 bridgehead atoms. The fraction of sp³-hybridized carbons (Fsp3) is 0.667. The smallest absolute Gasteiger partial charge is 0.186 e. The zero-order chi connectivity index (χ0) is 12.8. The third-order valence-electron chi connectivity index (χ3n) is 2.56. The van der Waals surface area contributed by atoms with Crippen molar-refractivity contribution in [2.24, 2.45) is 0 Å². The van der Waals surface area contributed by atoms with Gasteiger partial charge in [-0.3, -0.25) is 4.79 Å². The third-order valence-corrected chi connectivity index (χ3v) is 3.62. The second-order valence-electron chi connectivity index (χ2n) is 4.06. The first-order valence-electron chi connectivity index (χ1n) is 5.84. The molecule has 0 fully saturated rings. The lowest BCUT2D eigenvalue weighted by Gasteiger charge is -2.25.